The zero-order chi connectivity index (χ0) is 13.8. The Morgan fingerprint density at radius 1 is 1.00 bits per heavy atom. The van der Waals surface area contributed by atoms with E-state index in [0.717, 1.165) is 11.1 Å². The molecule has 0 saturated heterocycles. The van der Waals surface area contributed by atoms with Crippen LogP contribution in [0.1, 0.15) is 11.1 Å². The molecule has 0 aliphatic rings. The van der Waals surface area contributed by atoms with Crippen LogP contribution in [-0.4, -0.2) is 22.2 Å². The Morgan fingerprint density at radius 3 is 2.42 bits per heavy atom. The van der Waals surface area contributed by atoms with E-state index in [1.54, 1.807) is 24.3 Å². The van der Waals surface area contributed by atoms with Crippen molar-refractivity contribution in [3.8, 4) is 11.5 Å². The second-order valence-corrected chi connectivity index (χ2v) is 4.99. The SMILES string of the molecule is CN(Cc1ccc(O)c(Cl)c1)Cc1ccccc1O. The number of phenolic OH excluding ortho intramolecular Hbond substituents is 2. The minimum absolute atomic E-state index is 0.0915. The van der Waals surface area contributed by atoms with Crippen molar-refractivity contribution < 1.29 is 10.2 Å². The first kappa shape index (κ1) is 13.7. The van der Waals surface area contributed by atoms with Crippen molar-refractivity contribution in [3.05, 3.63) is 58.6 Å². The molecule has 2 rings (SSSR count). The highest BCUT2D eigenvalue weighted by Gasteiger charge is 2.06. The normalized spacial score (nSPS) is 10.9. The average molecular weight is 278 g/mol. The van der Waals surface area contributed by atoms with E-state index >= 15 is 0 Å². The van der Waals surface area contributed by atoms with Crippen LogP contribution >= 0.6 is 11.6 Å². The van der Waals surface area contributed by atoms with Crippen LogP contribution in [0.2, 0.25) is 5.02 Å². The molecule has 0 bridgehead atoms. The molecule has 19 heavy (non-hydrogen) atoms. The van der Waals surface area contributed by atoms with Crippen molar-refractivity contribution >= 4 is 11.6 Å². The lowest BCUT2D eigenvalue weighted by Gasteiger charge is -2.17. The molecule has 0 unspecified atom stereocenters. The zero-order valence-corrected chi connectivity index (χ0v) is 11.4. The Bertz CT molecular complexity index is 572. The molecule has 0 heterocycles. The zero-order valence-electron chi connectivity index (χ0n) is 10.7. The van der Waals surface area contributed by atoms with Gasteiger partial charge in [0.1, 0.15) is 11.5 Å². The fourth-order valence-electron chi connectivity index (χ4n) is 1.95. The monoisotopic (exact) mass is 277 g/mol. The van der Waals surface area contributed by atoms with Gasteiger partial charge in [-0.3, -0.25) is 4.90 Å². The van der Waals surface area contributed by atoms with Gasteiger partial charge < -0.3 is 10.2 Å². The highest BCUT2D eigenvalue weighted by Crippen LogP contribution is 2.24. The highest BCUT2D eigenvalue weighted by atomic mass is 35.5. The van der Waals surface area contributed by atoms with Crippen molar-refractivity contribution in [2.45, 2.75) is 13.1 Å². The quantitative estimate of drug-likeness (QED) is 0.900. The lowest BCUT2D eigenvalue weighted by Crippen LogP contribution is -2.17. The van der Waals surface area contributed by atoms with E-state index in [0.29, 0.717) is 23.9 Å². The number of hydrogen-bond donors (Lipinski definition) is 2. The van der Waals surface area contributed by atoms with Crippen molar-refractivity contribution in [2.75, 3.05) is 7.05 Å². The summed E-state index contributed by atoms with van der Waals surface area (Å²) >= 11 is 5.87. The molecule has 100 valence electrons. The van der Waals surface area contributed by atoms with E-state index in [1.807, 2.05) is 25.2 Å². The smallest absolute Gasteiger partial charge is 0.134 e. The molecule has 0 radical (unpaired) electrons. The van der Waals surface area contributed by atoms with Crippen LogP contribution in [0, 0.1) is 0 Å². The summed E-state index contributed by atoms with van der Waals surface area (Å²) < 4.78 is 0. The van der Waals surface area contributed by atoms with Crippen LogP contribution in [0.4, 0.5) is 0 Å². The first-order valence-electron chi connectivity index (χ1n) is 5.99. The number of para-hydroxylation sites is 1. The van der Waals surface area contributed by atoms with Gasteiger partial charge in [0.15, 0.2) is 0 Å². The number of aromatic hydroxyl groups is 2. The van der Waals surface area contributed by atoms with Crippen LogP contribution in [0.5, 0.6) is 11.5 Å². The average Bonchev–Trinajstić information content (AvgIpc) is 2.37. The minimum atomic E-state index is 0.0915. The molecule has 0 aliphatic heterocycles. The van der Waals surface area contributed by atoms with Gasteiger partial charge in [0, 0.05) is 18.7 Å². The fraction of sp³-hybridized carbons (Fsp3) is 0.200. The van der Waals surface area contributed by atoms with Crippen LogP contribution in [0.25, 0.3) is 0 Å². The van der Waals surface area contributed by atoms with E-state index in [4.69, 9.17) is 11.6 Å². The first-order chi connectivity index (χ1) is 9.06. The van der Waals surface area contributed by atoms with Gasteiger partial charge >= 0.3 is 0 Å². The predicted octanol–water partition coefficient (Wildman–Crippen LogP) is 3.38. The van der Waals surface area contributed by atoms with Crippen LogP contribution in [0.15, 0.2) is 42.5 Å². The molecule has 0 aliphatic carbocycles. The Kier molecular flexibility index (Phi) is 4.30. The highest BCUT2D eigenvalue weighted by molar-refractivity contribution is 6.32. The first-order valence-corrected chi connectivity index (χ1v) is 6.37. The molecule has 0 saturated carbocycles. The Labute approximate surface area is 117 Å². The fourth-order valence-corrected chi connectivity index (χ4v) is 2.15. The van der Waals surface area contributed by atoms with Gasteiger partial charge in [-0.05, 0) is 30.8 Å². The van der Waals surface area contributed by atoms with Crippen molar-refractivity contribution in [1.82, 2.24) is 4.90 Å². The number of halogens is 1. The third-order valence-corrected chi connectivity index (χ3v) is 3.20. The van der Waals surface area contributed by atoms with Gasteiger partial charge in [0.25, 0.3) is 0 Å². The maximum absolute atomic E-state index is 9.73. The summed E-state index contributed by atoms with van der Waals surface area (Å²) in [6.07, 6.45) is 0. The van der Waals surface area contributed by atoms with E-state index in [9.17, 15) is 10.2 Å². The van der Waals surface area contributed by atoms with Crippen molar-refractivity contribution in [3.63, 3.8) is 0 Å². The third-order valence-electron chi connectivity index (χ3n) is 2.90. The summed E-state index contributed by atoms with van der Waals surface area (Å²) in [5.74, 6) is 0.395. The second kappa shape index (κ2) is 5.95. The maximum atomic E-state index is 9.73. The lowest BCUT2D eigenvalue weighted by atomic mass is 10.1. The van der Waals surface area contributed by atoms with Gasteiger partial charge in [-0.2, -0.15) is 0 Å². The van der Waals surface area contributed by atoms with Gasteiger partial charge in [-0.1, -0.05) is 35.9 Å². The standard InChI is InChI=1S/C15H16ClNO2/c1-17(10-12-4-2-3-5-14(12)18)9-11-6-7-15(19)13(16)8-11/h2-8,18-19H,9-10H2,1H3. The van der Waals surface area contributed by atoms with Gasteiger partial charge in [-0.15, -0.1) is 0 Å². The van der Waals surface area contributed by atoms with Gasteiger partial charge in [0.05, 0.1) is 5.02 Å². The molecular formula is C15H16ClNO2. The maximum Gasteiger partial charge on any atom is 0.134 e. The molecule has 3 nitrogen and oxygen atoms in total. The molecular weight excluding hydrogens is 262 g/mol. The van der Waals surface area contributed by atoms with E-state index in [-0.39, 0.29) is 5.75 Å². The number of benzene rings is 2. The van der Waals surface area contributed by atoms with Crippen molar-refractivity contribution in [1.29, 1.82) is 0 Å². The topological polar surface area (TPSA) is 43.7 Å². The van der Waals surface area contributed by atoms with Crippen LogP contribution in [0.3, 0.4) is 0 Å². The third kappa shape index (κ3) is 3.63. The molecule has 4 heteroatoms. The van der Waals surface area contributed by atoms with Crippen LogP contribution < -0.4 is 0 Å². The summed E-state index contributed by atoms with van der Waals surface area (Å²) in [5.41, 5.74) is 1.90. The molecule has 0 spiro atoms. The summed E-state index contributed by atoms with van der Waals surface area (Å²) in [5, 5.41) is 19.5. The number of phenols is 2. The Morgan fingerprint density at radius 2 is 1.74 bits per heavy atom. The summed E-state index contributed by atoms with van der Waals surface area (Å²) in [6.45, 7) is 1.33. The number of nitrogens with zero attached hydrogens (tertiary/aromatic N) is 1. The van der Waals surface area contributed by atoms with E-state index < -0.39 is 0 Å². The molecule has 0 aromatic heterocycles. The molecule has 0 atom stereocenters. The Hall–Kier alpha value is -1.71. The summed E-state index contributed by atoms with van der Waals surface area (Å²) in [6, 6.07) is 12.5. The second-order valence-electron chi connectivity index (χ2n) is 4.59. The minimum Gasteiger partial charge on any atom is -0.508 e. The largest absolute Gasteiger partial charge is 0.508 e. The van der Waals surface area contributed by atoms with Crippen molar-refractivity contribution in [2.24, 2.45) is 0 Å². The molecule has 2 aromatic rings. The number of hydrogen-bond acceptors (Lipinski definition) is 3. The summed E-state index contributed by atoms with van der Waals surface area (Å²) in [4.78, 5) is 2.07. The van der Waals surface area contributed by atoms with Gasteiger partial charge in [-0.25, -0.2) is 0 Å². The molecule has 2 aromatic carbocycles. The molecule has 0 fully saturated rings. The van der Waals surface area contributed by atoms with Gasteiger partial charge in [0.2, 0.25) is 0 Å². The predicted molar refractivity (Wildman–Crippen MR) is 76.4 cm³/mol. The Balaban J connectivity index is 2.03. The number of rotatable bonds is 4. The van der Waals surface area contributed by atoms with E-state index in [2.05, 4.69) is 4.90 Å². The lowest BCUT2D eigenvalue weighted by molar-refractivity contribution is 0.312. The van der Waals surface area contributed by atoms with Crippen LogP contribution in [-0.2, 0) is 13.1 Å². The summed E-state index contributed by atoms with van der Waals surface area (Å²) in [7, 11) is 1.97. The molecule has 0 amide bonds. The van der Waals surface area contributed by atoms with E-state index in [1.165, 1.54) is 0 Å². The molecule has 2 N–H and O–H groups in total.